The van der Waals surface area contributed by atoms with Gasteiger partial charge in [-0.2, -0.15) is 0 Å². The molecule has 1 heterocycles. The molecule has 0 spiro atoms. The summed E-state index contributed by atoms with van der Waals surface area (Å²) in [4.78, 5) is 4.18. The van der Waals surface area contributed by atoms with Gasteiger partial charge < -0.3 is 5.73 Å². The second-order valence-corrected chi connectivity index (χ2v) is 3.76. The van der Waals surface area contributed by atoms with E-state index in [2.05, 4.69) is 4.98 Å². The van der Waals surface area contributed by atoms with E-state index in [-0.39, 0.29) is 0 Å². The molecule has 1 saturated carbocycles. The summed E-state index contributed by atoms with van der Waals surface area (Å²) in [5.74, 6) is 0.729. The quantitative estimate of drug-likeness (QED) is 0.750. The van der Waals surface area contributed by atoms with Gasteiger partial charge in [-0.05, 0) is 36.0 Å². The van der Waals surface area contributed by atoms with Crippen molar-refractivity contribution in [1.82, 2.24) is 4.98 Å². The maximum absolute atomic E-state index is 5.69. The van der Waals surface area contributed by atoms with Gasteiger partial charge in [0, 0.05) is 18.9 Å². The Bertz CT molecular complexity index is 277. The zero-order chi connectivity index (χ0) is 9.10. The van der Waals surface area contributed by atoms with Crippen LogP contribution in [-0.4, -0.2) is 4.98 Å². The summed E-state index contributed by atoms with van der Waals surface area (Å²) in [5, 5.41) is 0. The summed E-state index contributed by atoms with van der Waals surface area (Å²) in [6, 6.07) is 2.05. The van der Waals surface area contributed by atoms with E-state index in [0.29, 0.717) is 6.54 Å². The highest BCUT2D eigenvalue weighted by Gasteiger charge is 2.19. The molecule has 2 heteroatoms. The third kappa shape index (κ3) is 1.73. The van der Waals surface area contributed by atoms with E-state index < -0.39 is 0 Å². The average molecular weight is 176 g/mol. The van der Waals surface area contributed by atoms with Crippen molar-refractivity contribution in [3.63, 3.8) is 0 Å². The first-order chi connectivity index (χ1) is 6.42. The lowest BCUT2D eigenvalue weighted by atomic mass is 9.95. The summed E-state index contributed by atoms with van der Waals surface area (Å²) >= 11 is 0. The lowest BCUT2D eigenvalue weighted by Gasteiger charge is -2.12. The molecule has 0 aromatic carbocycles. The highest BCUT2D eigenvalue weighted by molar-refractivity contribution is 5.27. The molecule has 13 heavy (non-hydrogen) atoms. The SMILES string of the molecule is NCc1ccncc1C1CCCC1. The van der Waals surface area contributed by atoms with Crippen LogP contribution in [-0.2, 0) is 6.54 Å². The molecule has 1 aliphatic rings. The molecule has 0 saturated heterocycles. The van der Waals surface area contributed by atoms with Crippen molar-refractivity contribution in [2.24, 2.45) is 5.73 Å². The largest absolute Gasteiger partial charge is 0.326 e. The summed E-state index contributed by atoms with van der Waals surface area (Å²) < 4.78 is 0. The van der Waals surface area contributed by atoms with Crippen LogP contribution in [0.25, 0.3) is 0 Å². The standard InChI is InChI=1S/C11H16N2/c12-7-10-5-6-13-8-11(10)9-3-1-2-4-9/h5-6,8-9H,1-4,7,12H2. The van der Waals surface area contributed by atoms with Gasteiger partial charge >= 0.3 is 0 Å². The summed E-state index contributed by atoms with van der Waals surface area (Å²) in [5.41, 5.74) is 8.36. The normalized spacial score (nSPS) is 17.9. The van der Waals surface area contributed by atoms with Gasteiger partial charge in [-0.15, -0.1) is 0 Å². The van der Waals surface area contributed by atoms with E-state index in [1.165, 1.54) is 36.8 Å². The fourth-order valence-electron chi connectivity index (χ4n) is 2.23. The molecule has 0 aliphatic heterocycles. The number of rotatable bonds is 2. The number of aromatic nitrogens is 1. The fourth-order valence-corrected chi connectivity index (χ4v) is 2.23. The second-order valence-electron chi connectivity index (χ2n) is 3.76. The van der Waals surface area contributed by atoms with Crippen LogP contribution < -0.4 is 5.73 Å². The fraction of sp³-hybridized carbons (Fsp3) is 0.545. The molecule has 0 unspecified atom stereocenters. The summed E-state index contributed by atoms with van der Waals surface area (Å²) in [6.07, 6.45) is 9.20. The molecule has 1 fully saturated rings. The van der Waals surface area contributed by atoms with Crippen LogP contribution >= 0.6 is 0 Å². The van der Waals surface area contributed by atoms with E-state index in [1.54, 1.807) is 0 Å². The van der Waals surface area contributed by atoms with Crippen LogP contribution in [0.3, 0.4) is 0 Å². The van der Waals surface area contributed by atoms with E-state index >= 15 is 0 Å². The van der Waals surface area contributed by atoms with Gasteiger partial charge in [0.05, 0.1) is 0 Å². The number of nitrogens with zero attached hydrogens (tertiary/aromatic N) is 1. The molecular formula is C11H16N2. The molecule has 2 rings (SSSR count). The van der Waals surface area contributed by atoms with Crippen LogP contribution in [0.2, 0.25) is 0 Å². The van der Waals surface area contributed by atoms with E-state index in [9.17, 15) is 0 Å². The van der Waals surface area contributed by atoms with Crippen molar-refractivity contribution < 1.29 is 0 Å². The average Bonchev–Trinajstić information content (AvgIpc) is 2.70. The van der Waals surface area contributed by atoms with Crippen molar-refractivity contribution in [2.75, 3.05) is 0 Å². The van der Waals surface area contributed by atoms with Crippen molar-refractivity contribution in [3.05, 3.63) is 29.6 Å². The Morgan fingerprint density at radius 2 is 2.15 bits per heavy atom. The molecule has 0 radical (unpaired) electrons. The minimum atomic E-state index is 0.647. The monoisotopic (exact) mass is 176 g/mol. The number of hydrogen-bond acceptors (Lipinski definition) is 2. The predicted molar refractivity (Wildman–Crippen MR) is 53.3 cm³/mol. The number of nitrogens with two attached hydrogens (primary N) is 1. The highest BCUT2D eigenvalue weighted by atomic mass is 14.6. The van der Waals surface area contributed by atoms with Crippen LogP contribution in [0.15, 0.2) is 18.5 Å². The van der Waals surface area contributed by atoms with Crippen LogP contribution in [0.1, 0.15) is 42.7 Å². The third-order valence-electron chi connectivity index (χ3n) is 2.96. The molecule has 0 bridgehead atoms. The maximum Gasteiger partial charge on any atom is 0.0305 e. The molecule has 2 N–H and O–H groups in total. The van der Waals surface area contributed by atoms with E-state index in [0.717, 1.165) is 5.92 Å². The Balaban J connectivity index is 2.26. The van der Waals surface area contributed by atoms with Crippen molar-refractivity contribution >= 4 is 0 Å². The van der Waals surface area contributed by atoms with Gasteiger partial charge in [-0.1, -0.05) is 12.8 Å². The lowest BCUT2D eigenvalue weighted by molar-refractivity contribution is 0.707. The molecule has 70 valence electrons. The minimum Gasteiger partial charge on any atom is -0.326 e. The Morgan fingerprint density at radius 1 is 1.38 bits per heavy atom. The third-order valence-corrected chi connectivity index (χ3v) is 2.96. The molecular weight excluding hydrogens is 160 g/mol. The Morgan fingerprint density at radius 3 is 2.85 bits per heavy atom. The molecule has 0 amide bonds. The van der Waals surface area contributed by atoms with E-state index in [4.69, 9.17) is 5.73 Å². The predicted octanol–water partition coefficient (Wildman–Crippen LogP) is 2.20. The van der Waals surface area contributed by atoms with Crippen LogP contribution in [0.4, 0.5) is 0 Å². The van der Waals surface area contributed by atoms with E-state index in [1.807, 2.05) is 18.5 Å². The lowest BCUT2D eigenvalue weighted by Crippen LogP contribution is -2.04. The van der Waals surface area contributed by atoms with Crippen LogP contribution in [0.5, 0.6) is 0 Å². The van der Waals surface area contributed by atoms with Crippen molar-refractivity contribution in [1.29, 1.82) is 0 Å². The highest BCUT2D eigenvalue weighted by Crippen LogP contribution is 2.35. The first-order valence-electron chi connectivity index (χ1n) is 5.04. The maximum atomic E-state index is 5.69. The van der Waals surface area contributed by atoms with Crippen molar-refractivity contribution in [3.8, 4) is 0 Å². The molecule has 0 atom stereocenters. The number of hydrogen-bond donors (Lipinski definition) is 1. The summed E-state index contributed by atoms with van der Waals surface area (Å²) in [7, 11) is 0. The second kappa shape index (κ2) is 3.88. The first kappa shape index (κ1) is 8.70. The van der Waals surface area contributed by atoms with Crippen LogP contribution in [0, 0.1) is 0 Å². The first-order valence-corrected chi connectivity index (χ1v) is 5.04. The Hall–Kier alpha value is -0.890. The zero-order valence-electron chi connectivity index (χ0n) is 7.87. The van der Waals surface area contributed by atoms with Gasteiger partial charge in [-0.3, -0.25) is 4.98 Å². The minimum absolute atomic E-state index is 0.647. The van der Waals surface area contributed by atoms with Gasteiger partial charge in [0.15, 0.2) is 0 Å². The van der Waals surface area contributed by atoms with Gasteiger partial charge in [-0.25, -0.2) is 0 Å². The smallest absolute Gasteiger partial charge is 0.0305 e. The Kier molecular flexibility index (Phi) is 2.60. The molecule has 1 aromatic rings. The molecule has 1 aromatic heterocycles. The van der Waals surface area contributed by atoms with Gasteiger partial charge in [0.1, 0.15) is 0 Å². The molecule has 1 aliphatic carbocycles. The summed E-state index contributed by atoms with van der Waals surface area (Å²) in [6.45, 7) is 0.647. The Labute approximate surface area is 79.2 Å². The topological polar surface area (TPSA) is 38.9 Å². The molecule has 2 nitrogen and oxygen atoms in total. The van der Waals surface area contributed by atoms with Crippen molar-refractivity contribution in [2.45, 2.75) is 38.1 Å². The van der Waals surface area contributed by atoms with Gasteiger partial charge in [0.2, 0.25) is 0 Å². The number of pyridine rings is 1. The van der Waals surface area contributed by atoms with Gasteiger partial charge in [0.25, 0.3) is 0 Å². The zero-order valence-corrected chi connectivity index (χ0v) is 7.87.